The highest BCUT2D eigenvalue weighted by atomic mass is 19.2. The zero-order chi connectivity index (χ0) is 28.2. The first-order valence-corrected chi connectivity index (χ1v) is 12.7. The van der Waals surface area contributed by atoms with Crippen LogP contribution in [0.15, 0.2) is 67.5 Å². The van der Waals surface area contributed by atoms with Crippen LogP contribution in [0.5, 0.6) is 17.2 Å². The summed E-state index contributed by atoms with van der Waals surface area (Å²) in [5.74, 6) is 0.0296. The van der Waals surface area contributed by atoms with E-state index < -0.39 is 11.6 Å². The molecule has 1 N–H and O–H groups in total. The van der Waals surface area contributed by atoms with Crippen LogP contribution in [0.25, 0.3) is 22.0 Å². The maximum Gasteiger partial charge on any atom is 0.245 e. The number of benzene rings is 3. The van der Waals surface area contributed by atoms with Crippen molar-refractivity contribution < 1.29 is 27.8 Å². The van der Waals surface area contributed by atoms with Gasteiger partial charge in [-0.05, 0) is 35.9 Å². The van der Waals surface area contributed by atoms with Crippen LogP contribution in [-0.2, 0) is 4.79 Å². The molecule has 0 aliphatic carbocycles. The third-order valence-electron chi connectivity index (χ3n) is 6.86. The van der Waals surface area contributed by atoms with Crippen molar-refractivity contribution in [2.24, 2.45) is 0 Å². The van der Waals surface area contributed by atoms with E-state index in [-0.39, 0.29) is 17.6 Å². The summed E-state index contributed by atoms with van der Waals surface area (Å²) in [5.41, 5.74) is 1.70. The minimum atomic E-state index is -0.931. The molecule has 1 aliphatic rings. The Morgan fingerprint density at radius 3 is 2.52 bits per heavy atom. The van der Waals surface area contributed by atoms with Crippen LogP contribution < -0.4 is 19.5 Å². The molecule has 1 saturated heterocycles. The molecule has 2 heterocycles. The SMILES string of the molecule is C=CC(=O)N1CCC(Oc2cc3c(Nc4cc(-c5cccc(F)c5F)ccc4OC)ncnc3cc2OC)CC1. The van der Waals surface area contributed by atoms with Crippen molar-refractivity contribution in [1.29, 1.82) is 0 Å². The van der Waals surface area contributed by atoms with Crippen molar-refractivity contribution in [3.63, 3.8) is 0 Å². The molecule has 0 unspecified atom stereocenters. The van der Waals surface area contributed by atoms with Crippen LogP contribution in [0.4, 0.5) is 20.3 Å². The molecule has 0 spiro atoms. The number of carbonyl (C=O) groups excluding carboxylic acids is 1. The number of hydrogen-bond donors (Lipinski definition) is 1. The molecule has 0 saturated carbocycles. The maximum absolute atomic E-state index is 14.5. The minimum absolute atomic E-state index is 0.0887. The standard InChI is InChI=1S/C30H28F2N4O4/c1-4-28(37)36-12-10-19(11-13-36)40-27-15-21-23(16-26(27)39-3)33-17-34-30(21)35-24-14-18(8-9-25(24)38-2)20-6-5-7-22(31)29(20)32/h4-9,14-17,19H,1,10-13H2,2-3H3,(H,33,34,35). The summed E-state index contributed by atoms with van der Waals surface area (Å²) in [6.07, 6.45) is 3.95. The number of hydrogen-bond acceptors (Lipinski definition) is 7. The van der Waals surface area contributed by atoms with Gasteiger partial charge in [0.15, 0.2) is 23.1 Å². The van der Waals surface area contributed by atoms with Crippen molar-refractivity contribution >= 4 is 28.3 Å². The van der Waals surface area contributed by atoms with Gasteiger partial charge in [-0.15, -0.1) is 0 Å². The van der Waals surface area contributed by atoms with Gasteiger partial charge in [0.1, 0.15) is 24.0 Å². The largest absolute Gasteiger partial charge is 0.495 e. The fourth-order valence-electron chi connectivity index (χ4n) is 4.75. The molecule has 40 heavy (non-hydrogen) atoms. The van der Waals surface area contributed by atoms with E-state index >= 15 is 0 Å². The van der Waals surface area contributed by atoms with E-state index in [0.29, 0.717) is 71.2 Å². The number of halogens is 2. The number of piperidine rings is 1. The van der Waals surface area contributed by atoms with Gasteiger partial charge in [0, 0.05) is 42.9 Å². The zero-order valence-electron chi connectivity index (χ0n) is 22.1. The number of methoxy groups -OCH3 is 2. The van der Waals surface area contributed by atoms with Crippen LogP contribution in [0.2, 0.25) is 0 Å². The fraction of sp³-hybridized carbons (Fsp3) is 0.233. The highest BCUT2D eigenvalue weighted by Gasteiger charge is 2.24. The molecule has 0 bridgehead atoms. The van der Waals surface area contributed by atoms with E-state index in [0.717, 1.165) is 6.07 Å². The number of rotatable bonds is 8. The molecule has 0 radical (unpaired) electrons. The Kier molecular flexibility index (Phi) is 7.77. The van der Waals surface area contributed by atoms with Gasteiger partial charge in [-0.3, -0.25) is 4.79 Å². The molecule has 1 aromatic heterocycles. The smallest absolute Gasteiger partial charge is 0.245 e. The van der Waals surface area contributed by atoms with E-state index in [2.05, 4.69) is 21.9 Å². The quantitative estimate of drug-likeness (QED) is 0.276. The third kappa shape index (κ3) is 5.38. The van der Waals surface area contributed by atoms with Gasteiger partial charge >= 0.3 is 0 Å². The second kappa shape index (κ2) is 11.6. The molecule has 1 amide bonds. The second-order valence-electron chi connectivity index (χ2n) is 9.23. The van der Waals surface area contributed by atoms with Crippen LogP contribution in [0.1, 0.15) is 12.8 Å². The molecule has 10 heteroatoms. The van der Waals surface area contributed by atoms with Crippen LogP contribution in [-0.4, -0.2) is 54.2 Å². The Hall–Kier alpha value is -4.73. The summed E-state index contributed by atoms with van der Waals surface area (Å²) in [4.78, 5) is 22.5. The maximum atomic E-state index is 14.5. The first-order valence-electron chi connectivity index (χ1n) is 12.7. The van der Waals surface area contributed by atoms with Gasteiger partial charge in [-0.2, -0.15) is 0 Å². The highest BCUT2D eigenvalue weighted by Crippen LogP contribution is 2.38. The highest BCUT2D eigenvalue weighted by molar-refractivity contribution is 5.94. The summed E-state index contributed by atoms with van der Waals surface area (Å²) < 4.78 is 45.8. The van der Waals surface area contributed by atoms with Crippen molar-refractivity contribution in [3.05, 3.63) is 79.1 Å². The van der Waals surface area contributed by atoms with Crippen LogP contribution in [0.3, 0.4) is 0 Å². The predicted octanol–water partition coefficient (Wildman–Crippen LogP) is 5.89. The van der Waals surface area contributed by atoms with Gasteiger partial charge in [0.2, 0.25) is 5.91 Å². The van der Waals surface area contributed by atoms with Crippen molar-refractivity contribution in [1.82, 2.24) is 14.9 Å². The number of amides is 1. The van der Waals surface area contributed by atoms with E-state index in [1.807, 2.05) is 0 Å². The number of fused-ring (bicyclic) bond motifs is 1. The summed E-state index contributed by atoms with van der Waals surface area (Å²) in [7, 11) is 3.08. The normalized spacial score (nSPS) is 13.7. The first kappa shape index (κ1) is 26.9. The van der Waals surface area contributed by atoms with Crippen LogP contribution >= 0.6 is 0 Å². The summed E-state index contributed by atoms with van der Waals surface area (Å²) in [6.45, 7) is 4.70. The summed E-state index contributed by atoms with van der Waals surface area (Å²) in [6, 6.07) is 12.6. The van der Waals surface area contributed by atoms with Crippen molar-refractivity contribution in [2.75, 3.05) is 32.6 Å². The molecule has 4 aromatic rings. The predicted molar refractivity (Wildman–Crippen MR) is 148 cm³/mol. The minimum Gasteiger partial charge on any atom is -0.495 e. The first-order chi connectivity index (χ1) is 19.4. The van der Waals surface area contributed by atoms with E-state index in [1.54, 1.807) is 42.3 Å². The van der Waals surface area contributed by atoms with Crippen LogP contribution in [0, 0.1) is 11.6 Å². The van der Waals surface area contributed by atoms with E-state index in [4.69, 9.17) is 14.2 Å². The number of ether oxygens (including phenoxy) is 3. The lowest BCUT2D eigenvalue weighted by Gasteiger charge is -2.31. The van der Waals surface area contributed by atoms with Crippen molar-refractivity contribution in [3.8, 4) is 28.4 Å². The number of nitrogens with zero attached hydrogens (tertiary/aromatic N) is 3. The number of carbonyl (C=O) groups is 1. The number of aromatic nitrogens is 2. The van der Waals surface area contributed by atoms with Gasteiger partial charge in [0.25, 0.3) is 0 Å². The Labute approximate surface area is 230 Å². The molecule has 206 valence electrons. The zero-order valence-corrected chi connectivity index (χ0v) is 22.1. The third-order valence-corrected chi connectivity index (χ3v) is 6.86. The molecule has 1 fully saturated rings. The molecule has 5 rings (SSSR count). The fourth-order valence-corrected chi connectivity index (χ4v) is 4.75. The lowest BCUT2D eigenvalue weighted by molar-refractivity contribution is -0.127. The Bertz CT molecular complexity index is 1570. The molecular formula is C30H28F2N4O4. The van der Waals surface area contributed by atoms with E-state index in [9.17, 15) is 13.6 Å². The molecule has 3 aromatic carbocycles. The Morgan fingerprint density at radius 1 is 1.02 bits per heavy atom. The Morgan fingerprint density at radius 2 is 1.80 bits per heavy atom. The number of anilines is 2. The summed E-state index contributed by atoms with van der Waals surface area (Å²) in [5, 5.41) is 3.92. The lowest BCUT2D eigenvalue weighted by atomic mass is 10.0. The van der Waals surface area contributed by atoms with Gasteiger partial charge in [-0.25, -0.2) is 18.7 Å². The lowest BCUT2D eigenvalue weighted by Crippen LogP contribution is -2.41. The summed E-state index contributed by atoms with van der Waals surface area (Å²) >= 11 is 0. The van der Waals surface area contributed by atoms with Gasteiger partial charge in [0.05, 0.1) is 25.4 Å². The molecular weight excluding hydrogens is 518 g/mol. The number of likely N-dealkylation sites (tertiary alicyclic amines) is 1. The monoisotopic (exact) mass is 546 g/mol. The molecule has 1 aliphatic heterocycles. The number of nitrogens with one attached hydrogen (secondary N) is 1. The van der Waals surface area contributed by atoms with Crippen molar-refractivity contribution in [2.45, 2.75) is 18.9 Å². The average Bonchev–Trinajstić information content (AvgIpc) is 2.98. The van der Waals surface area contributed by atoms with Gasteiger partial charge < -0.3 is 24.4 Å². The Balaban J connectivity index is 1.47. The molecule has 0 atom stereocenters. The molecule has 8 nitrogen and oxygen atoms in total. The average molecular weight is 547 g/mol. The van der Waals surface area contributed by atoms with Gasteiger partial charge in [-0.1, -0.05) is 24.8 Å². The second-order valence-corrected chi connectivity index (χ2v) is 9.23. The van der Waals surface area contributed by atoms with E-state index in [1.165, 1.54) is 31.6 Å². The topological polar surface area (TPSA) is 85.8 Å².